The van der Waals surface area contributed by atoms with Gasteiger partial charge in [0.25, 0.3) is 5.91 Å². The molecular weight excluding hydrogens is 328 g/mol. The molecule has 2 aliphatic rings. The summed E-state index contributed by atoms with van der Waals surface area (Å²) in [5, 5.41) is 3.34. The largest absolute Gasteiger partial charge is 0.497 e. The van der Waals surface area contributed by atoms with Crippen LogP contribution >= 0.6 is 0 Å². The molecule has 0 bridgehead atoms. The van der Waals surface area contributed by atoms with E-state index in [1.54, 1.807) is 13.3 Å². The normalized spacial score (nSPS) is 17.1. The molecule has 136 valence electrons. The molecule has 0 radical (unpaired) electrons. The SMILES string of the molecule is COc1ccc(N2CCN(C(=O)c3ccc(NC4CC4)nc3)CC2)cc1. The molecule has 26 heavy (non-hydrogen) atoms. The molecule has 1 aromatic carbocycles. The van der Waals surface area contributed by atoms with E-state index in [4.69, 9.17) is 4.74 Å². The summed E-state index contributed by atoms with van der Waals surface area (Å²) in [6, 6.07) is 12.4. The summed E-state index contributed by atoms with van der Waals surface area (Å²) in [5.74, 6) is 1.77. The number of aromatic nitrogens is 1. The Labute approximate surface area is 153 Å². The maximum Gasteiger partial charge on any atom is 0.255 e. The van der Waals surface area contributed by atoms with Gasteiger partial charge in [-0.1, -0.05) is 0 Å². The lowest BCUT2D eigenvalue weighted by Gasteiger charge is -2.36. The van der Waals surface area contributed by atoms with Crippen LogP contribution in [-0.2, 0) is 0 Å². The quantitative estimate of drug-likeness (QED) is 0.896. The predicted octanol–water partition coefficient (Wildman–Crippen LogP) is 2.63. The van der Waals surface area contributed by atoms with Gasteiger partial charge < -0.3 is 19.9 Å². The van der Waals surface area contributed by atoms with Crippen molar-refractivity contribution < 1.29 is 9.53 Å². The van der Waals surface area contributed by atoms with Crippen molar-refractivity contribution in [2.24, 2.45) is 0 Å². The van der Waals surface area contributed by atoms with Gasteiger partial charge in [-0.05, 0) is 49.2 Å². The zero-order valence-corrected chi connectivity index (χ0v) is 15.0. The highest BCUT2D eigenvalue weighted by Crippen LogP contribution is 2.24. The van der Waals surface area contributed by atoms with Crippen LogP contribution in [0.2, 0.25) is 0 Å². The second-order valence-corrected chi connectivity index (χ2v) is 6.83. The zero-order valence-electron chi connectivity index (χ0n) is 15.0. The fourth-order valence-electron chi connectivity index (χ4n) is 3.19. The lowest BCUT2D eigenvalue weighted by atomic mass is 10.2. The molecule has 4 rings (SSSR count). The maximum absolute atomic E-state index is 12.7. The van der Waals surface area contributed by atoms with Crippen molar-refractivity contribution in [2.75, 3.05) is 43.5 Å². The molecule has 0 spiro atoms. The predicted molar refractivity (Wildman–Crippen MR) is 102 cm³/mol. The Morgan fingerprint density at radius 3 is 2.38 bits per heavy atom. The molecular formula is C20H24N4O2. The van der Waals surface area contributed by atoms with E-state index in [0.717, 1.165) is 30.3 Å². The summed E-state index contributed by atoms with van der Waals surface area (Å²) in [5.41, 5.74) is 1.82. The summed E-state index contributed by atoms with van der Waals surface area (Å²) in [6.07, 6.45) is 4.10. The number of ether oxygens (including phenoxy) is 1. The van der Waals surface area contributed by atoms with Crippen LogP contribution in [0, 0.1) is 0 Å². The molecule has 1 saturated carbocycles. The van der Waals surface area contributed by atoms with Gasteiger partial charge in [-0.3, -0.25) is 4.79 Å². The summed E-state index contributed by atoms with van der Waals surface area (Å²) >= 11 is 0. The van der Waals surface area contributed by atoms with Gasteiger partial charge in [-0.25, -0.2) is 4.98 Å². The van der Waals surface area contributed by atoms with Crippen molar-refractivity contribution in [1.29, 1.82) is 0 Å². The first kappa shape index (κ1) is 16.7. The number of carbonyl (C=O) groups excluding carboxylic acids is 1. The van der Waals surface area contributed by atoms with E-state index < -0.39 is 0 Å². The van der Waals surface area contributed by atoms with Crippen molar-refractivity contribution in [2.45, 2.75) is 18.9 Å². The third-order valence-electron chi connectivity index (χ3n) is 4.94. The Morgan fingerprint density at radius 2 is 1.81 bits per heavy atom. The van der Waals surface area contributed by atoms with Crippen molar-refractivity contribution >= 4 is 17.4 Å². The van der Waals surface area contributed by atoms with Crippen LogP contribution < -0.4 is 15.0 Å². The molecule has 1 N–H and O–H groups in total. The molecule has 1 aromatic heterocycles. The van der Waals surface area contributed by atoms with Gasteiger partial charge in [-0.15, -0.1) is 0 Å². The molecule has 1 amide bonds. The lowest BCUT2D eigenvalue weighted by Crippen LogP contribution is -2.48. The van der Waals surface area contributed by atoms with Gasteiger partial charge in [0, 0.05) is 44.1 Å². The fourth-order valence-corrected chi connectivity index (χ4v) is 3.19. The van der Waals surface area contributed by atoms with E-state index in [-0.39, 0.29) is 5.91 Å². The molecule has 6 nitrogen and oxygen atoms in total. The lowest BCUT2D eigenvalue weighted by molar-refractivity contribution is 0.0746. The van der Waals surface area contributed by atoms with Crippen molar-refractivity contribution in [3.63, 3.8) is 0 Å². The highest BCUT2D eigenvalue weighted by molar-refractivity contribution is 5.94. The number of carbonyl (C=O) groups is 1. The number of nitrogens with zero attached hydrogens (tertiary/aromatic N) is 3. The highest BCUT2D eigenvalue weighted by Gasteiger charge is 2.24. The van der Waals surface area contributed by atoms with Crippen LogP contribution in [-0.4, -0.2) is 55.1 Å². The fraction of sp³-hybridized carbons (Fsp3) is 0.400. The first-order valence-electron chi connectivity index (χ1n) is 9.14. The van der Waals surface area contributed by atoms with Crippen molar-refractivity contribution in [1.82, 2.24) is 9.88 Å². The smallest absolute Gasteiger partial charge is 0.255 e. The van der Waals surface area contributed by atoms with E-state index in [1.165, 1.54) is 12.8 Å². The zero-order chi connectivity index (χ0) is 17.9. The van der Waals surface area contributed by atoms with E-state index in [2.05, 4.69) is 27.3 Å². The Morgan fingerprint density at radius 1 is 1.08 bits per heavy atom. The molecule has 2 heterocycles. The van der Waals surface area contributed by atoms with Crippen LogP contribution in [0.3, 0.4) is 0 Å². The topological polar surface area (TPSA) is 57.7 Å². The van der Waals surface area contributed by atoms with E-state index >= 15 is 0 Å². The van der Waals surface area contributed by atoms with E-state index in [9.17, 15) is 4.79 Å². The van der Waals surface area contributed by atoms with Crippen LogP contribution in [0.25, 0.3) is 0 Å². The Hall–Kier alpha value is -2.76. The highest BCUT2D eigenvalue weighted by atomic mass is 16.5. The van der Waals surface area contributed by atoms with Crippen LogP contribution in [0.1, 0.15) is 23.2 Å². The Balaban J connectivity index is 1.33. The van der Waals surface area contributed by atoms with Crippen LogP contribution in [0.15, 0.2) is 42.6 Å². The minimum absolute atomic E-state index is 0.0600. The third-order valence-corrected chi connectivity index (χ3v) is 4.94. The first-order valence-corrected chi connectivity index (χ1v) is 9.14. The second kappa shape index (κ2) is 7.23. The average molecular weight is 352 g/mol. The van der Waals surface area contributed by atoms with E-state index in [0.29, 0.717) is 24.7 Å². The minimum atomic E-state index is 0.0600. The number of amides is 1. The number of anilines is 2. The summed E-state index contributed by atoms with van der Waals surface area (Å²) in [7, 11) is 1.67. The maximum atomic E-state index is 12.7. The number of piperazine rings is 1. The second-order valence-electron chi connectivity index (χ2n) is 6.83. The van der Waals surface area contributed by atoms with Gasteiger partial charge in [0.15, 0.2) is 0 Å². The van der Waals surface area contributed by atoms with Gasteiger partial charge >= 0.3 is 0 Å². The van der Waals surface area contributed by atoms with Crippen LogP contribution in [0.5, 0.6) is 5.75 Å². The Bertz CT molecular complexity index is 748. The summed E-state index contributed by atoms with van der Waals surface area (Å²) in [4.78, 5) is 21.3. The summed E-state index contributed by atoms with van der Waals surface area (Å²) < 4.78 is 5.21. The molecule has 0 atom stereocenters. The van der Waals surface area contributed by atoms with Gasteiger partial charge in [-0.2, -0.15) is 0 Å². The monoisotopic (exact) mass is 352 g/mol. The van der Waals surface area contributed by atoms with E-state index in [1.807, 2.05) is 29.2 Å². The van der Waals surface area contributed by atoms with Gasteiger partial charge in [0.1, 0.15) is 11.6 Å². The molecule has 1 aliphatic heterocycles. The third kappa shape index (κ3) is 3.74. The van der Waals surface area contributed by atoms with Crippen LogP contribution in [0.4, 0.5) is 11.5 Å². The first-order chi connectivity index (χ1) is 12.7. The van der Waals surface area contributed by atoms with Crippen molar-refractivity contribution in [3.8, 4) is 5.75 Å². The van der Waals surface area contributed by atoms with Crippen molar-refractivity contribution in [3.05, 3.63) is 48.2 Å². The number of pyridine rings is 1. The minimum Gasteiger partial charge on any atom is -0.497 e. The molecule has 1 saturated heterocycles. The molecule has 2 aromatic rings. The number of benzene rings is 1. The molecule has 6 heteroatoms. The summed E-state index contributed by atoms with van der Waals surface area (Å²) in [6.45, 7) is 3.08. The molecule has 1 aliphatic carbocycles. The van der Waals surface area contributed by atoms with Gasteiger partial charge in [0.05, 0.1) is 12.7 Å². The average Bonchev–Trinajstić information content (AvgIpc) is 3.52. The standard InChI is InChI=1S/C20H24N4O2/c1-26-18-7-5-17(6-8-18)23-10-12-24(13-11-23)20(25)15-2-9-19(21-14-15)22-16-3-4-16/h2,5-9,14,16H,3-4,10-13H2,1H3,(H,21,22). The molecule has 2 fully saturated rings. The Kier molecular flexibility index (Phi) is 4.65. The number of nitrogens with one attached hydrogen (secondary N) is 1. The van der Waals surface area contributed by atoms with Gasteiger partial charge in [0.2, 0.25) is 0 Å². The molecule has 0 unspecified atom stereocenters. The number of hydrogen-bond acceptors (Lipinski definition) is 5. The number of methoxy groups -OCH3 is 1. The number of rotatable bonds is 5. The number of hydrogen-bond donors (Lipinski definition) is 1.